The number of nitrogens with one attached hydrogen (secondary N) is 3. The zero-order valence-corrected chi connectivity index (χ0v) is 15.1. The van der Waals surface area contributed by atoms with Gasteiger partial charge < -0.3 is 25.8 Å². The van der Waals surface area contributed by atoms with Gasteiger partial charge in [0.25, 0.3) is 5.91 Å². The number of hydrogen-bond acceptors (Lipinski definition) is 5. The third-order valence-electron chi connectivity index (χ3n) is 4.21. The second-order valence-corrected chi connectivity index (χ2v) is 7.85. The van der Waals surface area contributed by atoms with E-state index in [1.165, 1.54) is 0 Å². The van der Waals surface area contributed by atoms with Gasteiger partial charge in [-0.3, -0.25) is 9.59 Å². The van der Waals surface area contributed by atoms with Crippen LogP contribution in [0.15, 0.2) is 0 Å². The molecule has 142 valence electrons. The maximum atomic E-state index is 12.2. The molecule has 0 bridgehead atoms. The van der Waals surface area contributed by atoms with E-state index in [1.807, 2.05) is 0 Å². The SMILES string of the molecule is CC(C)(C)OC(=O)N[C@@H](C[C@@H]1CCCNC1=O)C(O)C(=O)NC1CC1. The van der Waals surface area contributed by atoms with Gasteiger partial charge in [-0.05, 0) is 52.9 Å². The zero-order chi connectivity index (χ0) is 18.6. The Labute approximate surface area is 148 Å². The monoisotopic (exact) mass is 355 g/mol. The normalized spacial score (nSPS) is 23.2. The van der Waals surface area contributed by atoms with Crippen molar-refractivity contribution in [3.63, 3.8) is 0 Å². The highest BCUT2D eigenvalue weighted by Gasteiger charge is 2.36. The Morgan fingerprint density at radius 1 is 1.32 bits per heavy atom. The van der Waals surface area contributed by atoms with Crippen molar-refractivity contribution < 1.29 is 24.2 Å². The van der Waals surface area contributed by atoms with E-state index in [0.29, 0.717) is 13.0 Å². The lowest BCUT2D eigenvalue weighted by molar-refractivity contribution is -0.133. The van der Waals surface area contributed by atoms with E-state index in [1.54, 1.807) is 20.8 Å². The molecule has 1 saturated carbocycles. The largest absolute Gasteiger partial charge is 0.444 e. The van der Waals surface area contributed by atoms with Gasteiger partial charge >= 0.3 is 6.09 Å². The summed E-state index contributed by atoms with van der Waals surface area (Å²) in [5.74, 6) is -0.992. The molecule has 3 atom stereocenters. The predicted molar refractivity (Wildman–Crippen MR) is 90.7 cm³/mol. The van der Waals surface area contributed by atoms with Crippen LogP contribution in [0.4, 0.5) is 4.79 Å². The van der Waals surface area contributed by atoms with Crippen LogP contribution >= 0.6 is 0 Å². The van der Waals surface area contributed by atoms with Crippen molar-refractivity contribution in [2.75, 3.05) is 6.54 Å². The minimum absolute atomic E-state index is 0.0994. The molecule has 2 fully saturated rings. The Balaban J connectivity index is 2.01. The molecule has 0 aromatic carbocycles. The summed E-state index contributed by atoms with van der Waals surface area (Å²) in [5.41, 5.74) is -0.696. The highest BCUT2D eigenvalue weighted by Crippen LogP contribution is 2.22. The summed E-state index contributed by atoms with van der Waals surface area (Å²) in [6.07, 6.45) is 1.33. The average molecular weight is 355 g/mol. The maximum Gasteiger partial charge on any atom is 0.407 e. The lowest BCUT2D eigenvalue weighted by Crippen LogP contribution is -2.53. The molecule has 8 nitrogen and oxygen atoms in total. The quantitative estimate of drug-likeness (QED) is 0.551. The molecule has 1 heterocycles. The van der Waals surface area contributed by atoms with Gasteiger partial charge in [0.2, 0.25) is 5.91 Å². The first-order chi connectivity index (χ1) is 11.7. The van der Waals surface area contributed by atoms with Gasteiger partial charge in [0.1, 0.15) is 5.60 Å². The third-order valence-corrected chi connectivity index (χ3v) is 4.21. The van der Waals surface area contributed by atoms with E-state index in [2.05, 4.69) is 16.0 Å². The molecule has 0 aromatic heterocycles. The third kappa shape index (κ3) is 6.53. The van der Waals surface area contributed by atoms with Crippen LogP contribution in [0.25, 0.3) is 0 Å². The first kappa shape index (κ1) is 19.5. The fraction of sp³-hybridized carbons (Fsp3) is 0.824. The van der Waals surface area contributed by atoms with E-state index < -0.39 is 29.7 Å². The number of amides is 3. The number of carbonyl (C=O) groups is 3. The first-order valence-electron chi connectivity index (χ1n) is 8.91. The minimum Gasteiger partial charge on any atom is -0.444 e. The number of carbonyl (C=O) groups excluding carboxylic acids is 3. The van der Waals surface area contributed by atoms with Crippen LogP contribution in [0.3, 0.4) is 0 Å². The molecule has 25 heavy (non-hydrogen) atoms. The molecule has 0 spiro atoms. The molecule has 8 heteroatoms. The van der Waals surface area contributed by atoms with Crippen molar-refractivity contribution in [3.05, 3.63) is 0 Å². The Hall–Kier alpha value is -1.83. The molecule has 2 rings (SSSR count). The topological polar surface area (TPSA) is 117 Å². The Bertz CT molecular complexity index is 513. The summed E-state index contributed by atoms with van der Waals surface area (Å²) >= 11 is 0. The molecule has 4 N–H and O–H groups in total. The molecule has 0 radical (unpaired) electrons. The van der Waals surface area contributed by atoms with Gasteiger partial charge in [0.15, 0.2) is 6.10 Å². The summed E-state index contributed by atoms with van der Waals surface area (Å²) in [5, 5.41) is 18.5. The smallest absolute Gasteiger partial charge is 0.407 e. The summed E-state index contributed by atoms with van der Waals surface area (Å²) in [7, 11) is 0. The average Bonchev–Trinajstić information content (AvgIpc) is 3.30. The Morgan fingerprint density at radius 3 is 2.56 bits per heavy atom. The molecule has 1 aliphatic heterocycles. The number of aliphatic hydroxyl groups is 1. The second-order valence-electron chi connectivity index (χ2n) is 7.85. The van der Waals surface area contributed by atoms with Crippen molar-refractivity contribution in [2.45, 2.75) is 76.7 Å². The molecular formula is C17H29N3O5. The van der Waals surface area contributed by atoms with Crippen LogP contribution in [0, 0.1) is 5.92 Å². The van der Waals surface area contributed by atoms with Gasteiger partial charge in [0.05, 0.1) is 6.04 Å². The number of alkyl carbamates (subject to hydrolysis) is 1. The summed E-state index contributed by atoms with van der Waals surface area (Å²) in [4.78, 5) is 36.2. The van der Waals surface area contributed by atoms with Gasteiger partial charge in [0, 0.05) is 18.5 Å². The van der Waals surface area contributed by atoms with E-state index >= 15 is 0 Å². The van der Waals surface area contributed by atoms with Crippen LogP contribution in [0.2, 0.25) is 0 Å². The number of ether oxygens (including phenoxy) is 1. The van der Waals surface area contributed by atoms with Gasteiger partial charge in [-0.2, -0.15) is 0 Å². The van der Waals surface area contributed by atoms with Crippen molar-refractivity contribution in [3.8, 4) is 0 Å². The van der Waals surface area contributed by atoms with Crippen LogP contribution in [-0.4, -0.2) is 53.3 Å². The highest BCUT2D eigenvalue weighted by molar-refractivity contribution is 5.83. The Kier molecular flexibility index (Phi) is 6.26. The number of rotatable bonds is 6. The molecular weight excluding hydrogens is 326 g/mol. The van der Waals surface area contributed by atoms with Crippen LogP contribution in [0.5, 0.6) is 0 Å². The van der Waals surface area contributed by atoms with Crippen molar-refractivity contribution in [2.24, 2.45) is 5.92 Å². The summed E-state index contributed by atoms with van der Waals surface area (Å²) in [6, 6.07) is -0.787. The Morgan fingerprint density at radius 2 is 2.00 bits per heavy atom. The van der Waals surface area contributed by atoms with Crippen LogP contribution in [0.1, 0.15) is 52.9 Å². The fourth-order valence-electron chi connectivity index (χ4n) is 2.79. The number of aliphatic hydroxyl groups excluding tert-OH is 1. The van der Waals surface area contributed by atoms with Crippen molar-refractivity contribution in [1.82, 2.24) is 16.0 Å². The standard InChI is InChI=1S/C17H29N3O5/c1-17(2,3)25-16(24)20-12(9-10-5-4-8-18-14(10)22)13(21)15(23)19-11-6-7-11/h10-13,21H,4-9H2,1-3H3,(H,18,22)(H,19,23)(H,20,24)/t10-,12-,13?/m0/s1. The van der Waals surface area contributed by atoms with Crippen LogP contribution < -0.4 is 16.0 Å². The lowest BCUT2D eigenvalue weighted by atomic mass is 9.89. The molecule has 2 aliphatic rings. The van der Waals surface area contributed by atoms with E-state index in [9.17, 15) is 19.5 Å². The van der Waals surface area contributed by atoms with Crippen molar-refractivity contribution in [1.29, 1.82) is 0 Å². The minimum atomic E-state index is -1.43. The number of piperidine rings is 1. The van der Waals surface area contributed by atoms with E-state index in [0.717, 1.165) is 19.3 Å². The van der Waals surface area contributed by atoms with Crippen molar-refractivity contribution >= 4 is 17.9 Å². The molecule has 3 amide bonds. The zero-order valence-electron chi connectivity index (χ0n) is 15.1. The highest BCUT2D eigenvalue weighted by atomic mass is 16.6. The van der Waals surface area contributed by atoms with Gasteiger partial charge in [-0.1, -0.05) is 0 Å². The fourth-order valence-corrected chi connectivity index (χ4v) is 2.79. The molecule has 0 aromatic rings. The lowest BCUT2D eigenvalue weighted by Gasteiger charge is -2.30. The molecule has 1 saturated heterocycles. The summed E-state index contributed by atoms with van der Waals surface area (Å²) in [6.45, 7) is 5.81. The molecule has 1 unspecified atom stereocenters. The predicted octanol–water partition coefficient (Wildman–Crippen LogP) is 0.436. The van der Waals surface area contributed by atoms with Gasteiger partial charge in [-0.15, -0.1) is 0 Å². The second kappa shape index (κ2) is 8.03. The van der Waals surface area contributed by atoms with E-state index in [-0.39, 0.29) is 24.3 Å². The van der Waals surface area contributed by atoms with Crippen LogP contribution in [-0.2, 0) is 14.3 Å². The maximum absolute atomic E-state index is 12.2. The molecule has 1 aliphatic carbocycles. The summed E-state index contributed by atoms with van der Waals surface area (Å²) < 4.78 is 5.21. The van der Waals surface area contributed by atoms with Gasteiger partial charge in [-0.25, -0.2) is 4.79 Å². The number of hydrogen-bond donors (Lipinski definition) is 4. The van der Waals surface area contributed by atoms with E-state index in [4.69, 9.17) is 4.74 Å². The first-order valence-corrected chi connectivity index (χ1v) is 8.91.